The topological polar surface area (TPSA) is 38.8 Å². The Kier molecular flexibility index (Phi) is 3.78. The second-order valence-electron chi connectivity index (χ2n) is 6.66. The number of hydrogen-bond donors (Lipinski definition) is 0. The van der Waals surface area contributed by atoms with Gasteiger partial charge in [-0.3, -0.25) is 4.79 Å². The van der Waals surface area contributed by atoms with Gasteiger partial charge in [0.2, 0.25) is 12.7 Å². The fourth-order valence-corrected chi connectivity index (χ4v) is 3.89. The Morgan fingerprint density at radius 1 is 1.33 bits per heavy atom. The fraction of sp³-hybridized carbons (Fsp3) is 0.562. The van der Waals surface area contributed by atoms with Gasteiger partial charge in [0.05, 0.1) is 0 Å². The third-order valence-corrected chi connectivity index (χ3v) is 4.84. The summed E-state index contributed by atoms with van der Waals surface area (Å²) < 4.78 is 10.8. The molecule has 21 heavy (non-hydrogen) atoms. The molecule has 0 N–H and O–H groups in total. The summed E-state index contributed by atoms with van der Waals surface area (Å²) in [5.41, 5.74) is 1.13. The fourth-order valence-electron chi connectivity index (χ4n) is 2.62. The Bertz CT molecular complexity index is 553. The highest BCUT2D eigenvalue weighted by Gasteiger charge is 2.33. The standard InChI is InChI=1S/C16H21NO3S/c1-16(2,3)9-14(18)17-6-7-21-15(17)11-4-5-12-13(8-11)20-10-19-12/h4-5,8,15H,6-7,9-10H2,1-3H3/t15-/m1/s1. The van der Waals surface area contributed by atoms with Crippen molar-refractivity contribution in [2.24, 2.45) is 5.41 Å². The predicted octanol–water partition coefficient (Wildman–Crippen LogP) is 3.43. The lowest BCUT2D eigenvalue weighted by atomic mass is 9.91. The first kappa shape index (κ1) is 14.6. The van der Waals surface area contributed by atoms with Crippen molar-refractivity contribution >= 4 is 17.7 Å². The van der Waals surface area contributed by atoms with Crippen LogP contribution in [0.1, 0.15) is 38.1 Å². The van der Waals surface area contributed by atoms with Crippen molar-refractivity contribution in [2.45, 2.75) is 32.6 Å². The molecule has 0 saturated carbocycles. The largest absolute Gasteiger partial charge is 0.454 e. The number of rotatable bonds is 2. The highest BCUT2D eigenvalue weighted by molar-refractivity contribution is 7.99. The second-order valence-corrected chi connectivity index (χ2v) is 7.85. The number of amides is 1. The number of thioether (sulfide) groups is 1. The normalized spacial score (nSPS) is 20.9. The molecule has 0 bridgehead atoms. The number of hydrogen-bond acceptors (Lipinski definition) is 4. The molecule has 0 aromatic heterocycles. The summed E-state index contributed by atoms with van der Waals surface area (Å²) in [6.45, 7) is 7.40. The zero-order valence-corrected chi connectivity index (χ0v) is 13.5. The Balaban J connectivity index is 1.79. The summed E-state index contributed by atoms with van der Waals surface area (Å²) in [7, 11) is 0. The van der Waals surface area contributed by atoms with E-state index < -0.39 is 0 Å². The average molecular weight is 307 g/mol. The van der Waals surface area contributed by atoms with Gasteiger partial charge in [-0.25, -0.2) is 0 Å². The van der Waals surface area contributed by atoms with Crippen LogP contribution in [0.15, 0.2) is 18.2 Å². The molecule has 3 rings (SSSR count). The summed E-state index contributed by atoms with van der Waals surface area (Å²) in [6.07, 6.45) is 0.578. The molecule has 2 aliphatic heterocycles. The predicted molar refractivity (Wildman–Crippen MR) is 83.5 cm³/mol. The molecule has 4 nitrogen and oxygen atoms in total. The van der Waals surface area contributed by atoms with Crippen molar-refractivity contribution in [1.82, 2.24) is 4.90 Å². The molecule has 2 aliphatic rings. The van der Waals surface area contributed by atoms with E-state index >= 15 is 0 Å². The molecule has 1 aromatic carbocycles. The zero-order chi connectivity index (χ0) is 15.0. The summed E-state index contributed by atoms with van der Waals surface area (Å²) in [4.78, 5) is 14.5. The Morgan fingerprint density at radius 3 is 2.86 bits per heavy atom. The van der Waals surface area contributed by atoms with Crippen LogP contribution in [0.25, 0.3) is 0 Å². The summed E-state index contributed by atoms with van der Waals surface area (Å²) in [5.74, 6) is 2.78. The maximum Gasteiger partial charge on any atom is 0.231 e. The first-order chi connectivity index (χ1) is 9.94. The van der Waals surface area contributed by atoms with Crippen molar-refractivity contribution in [3.63, 3.8) is 0 Å². The van der Waals surface area contributed by atoms with Crippen LogP contribution in [0, 0.1) is 5.41 Å². The Morgan fingerprint density at radius 2 is 2.10 bits per heavy atom. The number of carbonyl (C=O) groups is 1. The van der Waals surface area contributed by atoms with E-state index in [1.54, 1.807) is 0 Å². The third kappa shape index (κ3) is 3.12. The molecule has 5 heteroatoms. The molecular formula is C16H21NO3S. The first-order valence-corrected chi connectivity index (χ1v) is 8.29. The Labute approximate surface area is 129 Å². The van der Waals surface area contributed by atoms with Gasteiger partial charge in [-0.1, -0.05) is 26.8 Å². The minimum absolute atomic E-state index is 0.0176. The summed E-state index contributed by atoms with van der Waals surface area (Å²) >= 11 is 1.81. The minimum atomic E-state index is 0.0176. The van der Waals surface area contributed by atoms with Gasteiger partial charge >= 0.3 is 0 Å². The van der Waals surface area contributed by atoms with Crippen LogP contribution in [0.4, 0.5) is 0 Å². The third-order valence-electron chi connectivity index (χ3n) is 3.57. The first-order valence-electron chi connectivity index (χ1n) is 7.25. The molecule has 1 amide bonds. The van der Waals surface area contributed by atoms with Crippen molar-refractivity contribution in [1.29, 1.82) is 0 Å². The van der Waals surface area contributed by atoms with Gasteiger partial charge in [0.25, 0.3) is 0 Å². The lowest BCUT2D eigenvalue weighted by molar-refractivity contribution is -0.133. The lowest BCUT2D eigenvalue weighted by Gasteiger charge is -2.27. The molecule has 1 saturated heterocycles. The van der Waals surface area contributed by atoms with E-state index in [1.165, 1.54) is 0 Å². The molecule has 2 heterocycles. The number of carbonyl (C=O) groups excluding carboxylic acids is 1. The van der Waals surface area contributed by atoms with Gasteiger partial charge < -0.3 is 14.4 Å². The number of nitrogens with zero attached hydrogens (tertiary/aromatic N) is 1. The molecule has 0 radical (unpaired) electrons. The van der Waals surface area contributed by atoms with Gasteiger partial charge in [0, 0.05) is 18.7 Å². The van der Waals surface area contributed by atoms with Gasteiger partial charge in [0.1, 0.15) is 5.37 Å². The van der Waals surface area contributed by atoms with Gasteiger partial charge in [-0.15, -0.1) is 11.8 Å². The molecule has 1 aromatic rings. The number of ether oxygens (including phenoxy) is 2. The van der Waals surface area contributed by atoms with Crippen LogP contribution < -0.4 is 9.47 Å². The van der Waals surface area contributed by atoms with Crippen molar-refractivity contribution in [3.05, 3.63) is 23.8 Å². The number of benzene rings is 1. The number of fused-ring (bicyclic) bond motifs is 1. The van der Waals surface area contributed by atoms with E-state index in [1.807, 2.05) is 34.9 Å². The monoisotopic (exact) mass is 307 g/mol. The van der Waals surface area contributed by atoms with Gasteiger partial charge in [-0.05, 0) is 23.1 Å². The van der Waals surface area contributed by atoms with Crippen molar-refractivity contribution < 1.29 is 14.3 Å². The maximum atomic E-state index is 12.5. The average Bonchev–Trinajstić information content (AvgIpc) is 3.04. The van der Waals surface area contributed by atoms with E-state index in [2.05, 4.69) is 20.8 Å². The molecule has 0 aliphatic carbocycles. The Hall–Kier alpha value is -1.36. The molecule has 1 atom stereocenters. The van der Waals surface area contributed by atoms with Crippen LogP contribution in [0.3, 0.4) is 0 Å². The van der Waals surface area contributed by atoms with Crippen LogP contribution in [-0.4, -0.2) is 29.9 Å². The molecule has 1 fully saturated rings. The maximum absolute atomic E-state index is 12.5. The van der Waals surface area contributed by atoms with E-state index in [4.69, 9.17) is 9.47 Å². The molecule has 114 valence electrons. The van der Waals surface area contributed by atoms with Gasteiger partial charge in [-0.2, -0.15) is 0 Å². The van der Waals surface area contributed by atoms with E-state index in [0.717, 1.165) is 29.4 Å². The SMILES string of the molecule is CC(C)(C)CC(=O)N1CCS[C@@H]1c1ccc2c(c1)OCO2. The molecular weight excluding hydrogens is 286 g/mol. The van der Waals surface area contributed by atoms with Crippen molar-refractivity contribution in [3.8, 4) is 11.5 Å². The highest BCUT2D eigenvalue weighted by Crippen LogP contribution is 2.42. The van der Waals surface area contributed by atoms with Crippen LogP contribution in [0.5, 0.6) is 11.5 Å². The van der Waals surface area contributed by atoms with Gasteiger partial charge in [0.15, 0.2) is 11.5 Å². The second kappa shape index (κ2) is 5.44. The summed E-state index contributed by atoms with van der Waals surface area (Å²) in [5, 5.41) is 0.0920. The summed E-state index contributed by atoms with van der Waals surface area (Å²) in [6, 6.07) is 5.97. The zero-order valence-electron chi connectivity index (χ0n) is 12.7. The van der Waals surface area contributed by atoms with E-state index in [0.29, 0.717) is 6.42 Å². The quantitative estimate of drug-likeness (QED) is 0.839. The van der Waals surface area contributed by atoms with Crippen molar-refractivity contribution in [2.75, 3.05) is 19.1 Å². The van der Waals surface area contributed by atoms with Crippen LogP contribution in [0.2, 0.25) is 0 Å². The minimum Gasteiger partial charge on any atom is -0.454 e. The highest BCUT2D eigenvalue weighted by atomic mass is 32.2. The lowest BCUT2D eigenvalue weighted by Crippen LogP contribution is -2.33. The smallest absolute Gasteiger partial charge is 0.231 e. The van der Waals surface area contributed by atoms with Crippen LogP contribution in [-0.2, 0) is 4.79 Å². The van der Waals surface area contributed by atoms with E-state index in [-0.39, 0.29) is 23.5 Å². The molecule has 0 spiro atoms. The van der Waals surface area contributed by atoms with E-state index in [9.17, 15) is 4.79 Å². The van der Waals surface area contributed by atoms with Crippen LogP contribution >= 0.6 is 11.8 Å². The molecule has 0 unspecified atom stereocenters.